The van der Waals surface area contributed by atoms with E-state index in [1.807, 2.05) is 25.1 Å². The Morgan fingerprint density at radius 2 is 1.78 bits per heavy atom. The molecule has 0 aromatic heterocycles. The lowest BCUT2D eigenvalue weighted by atomic mass is 9.96. The topological polar surface area (TPSA) is 76.2 Å². The first kappa shape index (κ1) is 24.4. The summed E-state index contributed by atoms with van der Waals surface area (Å²) >= 11 is 6.06. The van der Waals surface area contributed by atoms with E-state index in [9.17, 15) is 13.2 Å². The molecule has 1 aliphatic rings. The Morgan fingerprint density at radius 3 is 2.38 bits per heavy atom. The van der Waals surface area contributed by atoms with E-state index < -0.39 is 10.0 Å². The summed E-state index contributed by atoms with van der Waals surface area (Å²) in [6, 6.07) is 12.0. The average Bonchev–Trinajstić information content (AvgIpc) is 2.81. The van der Waals surface area contributed by atoms with Crippen LogP contribution in [0.25, 0.3) is 0 Å². The molecule has 32 heavy (non-hydrogen) atoms. The lowest BCUT2D eigenvalue weighted by Gasteiger charge is -2.33. The van der Waals surface area contributed by atoms with Gasteiger partial charge >= 0.3 is 0 Å². The first-order chi connectivity index (χ1) is 15.3. The third-order valence-corrected chi connectivity index (χ3v) is 7.88. The van der Waals surface area contributed by atoms with Crippen molar-refractivity contribution in [2.45, 2.75) is 31.2 Å². The Bertz CT molecular complexity index is 1050. The van der Waals surface area contributed by atoms with Crippen LogP contribution in [0.2, 0.25) is 5.02 Å². The third kappa shape index (κ3) is 5.36. The Hall–Kier alpha value is -2.29. The number of rotatable bonds is 8. The molecule has 3 rings (SSSR count). The first-order valence-corrected chi connectivity index (χ1v) is 12.4. The predicted octanol–water partition coefficient (Wildman–Crippen LogP) is 3.81. The second-order valence-corrected chi connectivity index (χ2v) is 10.1. The quantitative estimate of drug-likeness (QED) is 0.574. The number of methoxy groups -OCH3 is 2. The number of halogens is 1. The molecule has 0 bridgehead atoms. The van der Waals surface area contributed by atoms with Gasteiger partial charge in [0.25, 0.3) is 0 Å². The monoisotopic (exact) mass is 480 g/mol. The lowest BCUT2D eigenvalue weighted by molar-refractivity contribution is -0.137. The van der Waals surface area contributed by atoms with Gasteiger partial charge in [0, 0.05) is 43.2 Å². The van der Waals surface area contributed by atoms with E-state index in [0.29, 0.717) is 55.5 Å². The molecule has 1 fully saturated rings. The molecule has 0 saturated carbocycles. The van der Waals surface area contributed by atoms with Gasteiger partial charge in [-0.2, -0.15) is 4.31 Å². The van der Waals surface area contributed by atoms with E-state index in [1.54, 1.807) is 17.0 Å². The number of carbonyl (C=O) groups excluding carboxylic acids is 1. The smallest absolute Gasteiger partial charge is 0.243 e. The molecule has 1 heterocycles. The van der Waals surface area contributed by atoms with Crippen molar-refractivity contribution < 1.29 is 22.7 Å². The Labute approximate surface area is 194 Å². The fourth-order valence-electron chi connectivity index (χ4n) is 3.93. The highest BCUT2D eigenvalue weighted by Gasteiger charge is 2.34. The summed E-state index contributed by atoms with van der Waals surface area (Å²) in [6.07, 6.45) is 0.967. The van der Waals surface area contributed by atoms with Crippen LogP contribution in [0.5, 0.6) is 11.5 Å². The maximum absolute atomic E-state index is 13.1. The van der Waals surface area contributed by atoms with Crippen LogP contribution in [0.15, 0.2) is 47.4 Å². The van der Waals surface area contributed by atoms with E-state index in [2.05, 4.69) is 0 Å². The van der Waals surface area contributed by atoms with Crippen LogP contribution in [0.1, 0.15) is 25.3 Å². The van der Waals surface area contributed by atoms with Crippen LogP contribution < -0.4 is 9.47 Å². The second-order valence-electron chi connectivity index (χ2n) is 7.68. The number of sulfonamides is 1. The molecule has 9 heteroatoms. The minimum absolute atomic E-state index is 0.0515. The van der Waals surface area contributed by atoms with Crippen molar-refractivity contribution >= 4 is 27.5 Å². The molecule has 7 nitrogen and oxygen atoms in total. The maximum Gasteiger partial charge on any atom is 0.243 e. The standard InChI is InChI=1S/C23H29ClN2O5S/c1-4-25(16-17-6-5-7-19(24)14-17)23(27)18-10-12-26(13-11-18)32(28,29)20-8-9-21(30-2)22(15-20)31-3/h5-9,14-15,18H,4,10-13,16H2,1-3H3. The second kappa shape index (κ2) is 10.6. The highest BCUT2D eigenvalue weighted by Crippen LogP contribution is 2.32. The number of carbonyl (C=O) groups is 1. The molecule has 1 saturated heterocycles. The normalized spacial score (nSPS) is 15.4. The first-order valence-electron chi connectivity index (χ1n) is 10.6. The van der Waals surface area contributed by atoms with Gasteiger partial charge in [-0.1, -0.05) is 23.7 Å². The van der Waals surface area contributed by atoms with E-state index in [-0.39, 0.29) is 16.7 Å². The Kier molecular flexibility index (Phi) is 8.03. The molecule has 2 aromatic rings. The number of amides is 1. The predicted molar refractivity (Wildman–Crippen MR) is 124 cm³/mol. The van der Waals surface area contributed by atoms with Crippen molar-refractivity contribution in [2.75, 3.05) is 33.9 Å². The highest BCUT2D eigenvalue weighted by atomic mass is 35.5. The molecular weight excluding hydrogens is 452 g/mol. The van der Waals surface area contributed by atoms with Crippen molar-refractivity contribution in [3.05, 3.63) is 53.1 Å². The van der Waals surface area contributed by atoms with Gasteiger partial charge < -0.3 is 14.4 Å². The van der Waals surface area contributed by atoms with E-state index >= 15 is 0 Å². The third-order valence-electron chi connectivity index (χ3n) is 5.75. The molecule has 0 N–H and O–H groups in total. The fourth-order valence-corrected chi connectivity index (χ4v) is 5.63. The van der Waals surface area contributed by atoms with Crippen molar-refractivity contribution in [1.29, 1.82) is 0 Å². The molecule has 0 unspecified atom stereocenters. The number of hydrogen-bond donors (Lipinski definition) is 0. The molecule has 0 atom stereocenters. The van der Waals surface area contributed by atoms with Crippen molar-refractivity contribution in [3.8, 4) is 11.5 Å². The molecule has 1 amide bonds. The Balaban J connectivity index is 1.66. The van der Waals surface area contributed by atoms with Gasteiger partial charge in [-0.3, -0.25) is 4.79 Å². The van der Waals surface area contributed by atoms with Crippen LogP contribution in [-0.4, -0.2) is 57.4 Å². The van der Waals surface area contributed by atoms with Gasteiger partial charge in [-0.05, 0) is 49.6 Å². The average molecular weight is 481 g/mol. The SMILES string of the molecule is CCN(Cc1cccc(Cl)c1)C(=O)C1CCN(S(=O)(=O)c2ccc(OC)c(OC)c2)CC1. The summed E-state index contributed by atoms with van der Waals surface area (Å²) in [7, 11) is -0.723. The molecule has 2 aromatic carbocycles. The van der Waals surface area contributed by atoms with Gasteiger partial charge in [0.05, 0.1) is 19.1 Å². The summed E-state index contributed by atoms with van der Waals surface area (Å²) in [5, 5.41) is 0.639. The zero-order chi connectivity index (χ0) is 23.3. The van der Waals surface area contributed by atoms with Crippen LogP contribution in [0, 0.1) is 5.92 Å². The largest absolute Gasteiger partial charge is 0.493 e. The molecule has 0 aliphatic carbocycles. The van der Waals surface area contributed by atoms with E-state index in [1.165, 1.54) is 30.7 Å². The minimum Gasteiger partial charge on any atom is -0.493 e. The van der Waals surface area contributed by atoms with Gasteiger partial charge in [0.1, 0.15) is 0 Å². The van der Waals surface area contributed by atoms with E-state index in [4.69, 9.17) is 21.1 Å². The minimum atomic E-state index is -3.69. The molecule has 1 aliphatic heterocycles. The van der Waals surface area contributed by atoms with Crippen LogP contribution in [0.3, 0.4) is 0 Å². The van der Waals surface area contributed by atoms with Crippen LogP contribution in [-0.2, 0) is 21.4 Å². The molecule has 174 valence electrons. The van der Waals surface area contributed by atoms with Crippen molar-refractivity contribution in [3.63, 3.8) is 0 Å². The van der Waals surface area contributed by atoms with Crippen molar-refractivity contribution in [2.24, 2.45) is 5.92 Å². The zero-order valence-electron chi connectivity index (χ0n) is 18.6. The van der Waals surface area contributed by atoms with Gasteiger partial charge in [0.15, 0.2) is 11.5 Å². The van der Waals surface area contributed by atoms with Crippen molar-refractivity contribution in [1.82, 2.24) is 9.21 Å². The van der Waals surface area contributed by atoms with Gasteiger partial charge in [0.2, 0.25) is 15.9 Å². The molecule has 0 spiro atoms. The molecule has 0 radical (unpaired) electrons. The molecular formula is C23H29ClN2O5S. The number of benzene rings is 2. The number of piperidine rings is 1. The highest BCUT2D eigenvalue weighted by molar-refractivity contribution is 7.89. The summed E-state index contributed by atoms with van der Waals surface area (Å²) in [5.74, 6) is 0.676. The lowest BCUT2D eigenvalue weighted by Crippen LogP contribution is -2.44. The fraction of sp³-hybridized carbons (Fsp3) is 0.435. The van der Waals surface area contributed by atoms with Gasteiger partial charge in [-0.15, -0.1) is 0 Å². The van der Waals surface area contributed by atoms with Gasteiger partial charge in [-0.25, -0.2) is 8.42 Å². The number of ether oxygens (including phenoxy) is 2. The summed E-state index contributed by atoms with van der Waals surface area (Å²) in [4.78, 5) is 15.0. The van der Waals surface area contributed by atoms with E-state index in [0.717, 1.165) is 5.56 Å². The zero-order valence-corrected chi connectivity index (χ0v) is 20.2. The van der Waals surface area contributed by atoms with Crippen LogP contribution >= 0.6 is 11.6 Å². The van der Waals surface area contributed by atoms with Crippen LogP contribution in [0.4, 0.5) is 0 Å². The number of nitrogens with zero attached hydrogens (tertiary/aromatic N) is 2. The Morgan fingerprint density at radius 1 is 1.09 bits per heavy atom. The summed E-state index contributed by atoms with van der Waals surface area (Å²) in [5.41, 5.74) is 0.973. The summed E-state index contributed by atoms with van der Waals surface area (Å²) < 4.78 is 38.1. The summed E-state index contributed by atoms with van der Waals surface area (Å²) in [6.45, 7) is 3.60. The number of hydrogen-bond acceptors (Lipinski definition) is 5. The maximum atomic E-state index is 13.1.